The Morgan fingerprint density at radius 3 is 1.84 bits per heavy atom. The molecule has 0 aliphatic heterocycles. The highest BCUT2D eigenvalue weighted by molar-refractivity contribution is 7.51. The number of carbonyl (C=O) groups excluding carboxylic acids is 1. The zero-order chi connectivity index (χ0) is 20.5. The number of rotatable bonds is 9. The summed E-state index contributed by atoms with van der Waals surface area (Å²) in [5, 5.41) is 8.23. The summed E-state index contributed by atoms with van der Waals surface area (Å²) in [5.41, 5.74) is 0.338. The van der Waals surface area contributed by atoms with E-state index in [2.05, 4.69) is 6.58 Å². The fraction of sp³-hybridized carbons (Fsp3) is 0.733. The van der Waals surface area contributed by atoms with Gasteiger partial charge in [0, 0.05) is 5.57 Å². The second kappa shape index (κ2) is 10.7. The number of likely N-dealkylation sites (N-methyl/N-ethyl adjacent to an activating group) is 2. The fourth-order valence-corrected chi connectivity index (χ4v) is 2.23. The maximum Gasteiger partial charge on any atom is 0.359 e. The van der Waals surface area contributed by atoms with Gasteiger partial charge < -0.3 is 28.6 Å². The molecule has 10 heteroatoms. The van der Waals surface area contributed by atoms with Crippen LogP contribution in [0.4, 0.5) is 0 Å². The van der Waals surface area contributed by atoms with Gasteiger partial charge in [0.15, 0.2) is 6.54 Å². The molecule has 0 unspecified atom stereocenters. The fourth-order valence-electron chi connectivity index (χ4n) is 1.43. The molecular weight excluding hydrogens is 351 g/mol. The number of carboxylic acids is 1. The van der Waals surface area contributed by atoms with Crippen molar-refractivity contribution in [3.8, 4) is 0 Å². The summed E-state index contributed by atoms with van der Waals surface area (Å²) < 4.78 is 16.5. The Kier molecular flexibility index (Phi) is 11.1. The molecular formula is C15H33N2O7P+2. The Morgan fingerprint density at radius 1 is 1.08 bits per heavy atom. The van der Waals surface area contributed by atoms with Crippen molar-refractivity contribution in [3.05, 3.63) is 12.2 Å². The SMILES string of the molecule is C=C(C)C(=O)OCC[N+](C)(C)CCP(=O)(O)O.C[N+](C)(C)CC(=O)O. The number of quaternary nitrogens is 2. The lowest BCUT2D eigenvalue weighted by Gasteiger charge is -2.29. The third-order valence-electron chi connectivity index (χ3n) is 2.88. The van der Waals surface area contributed by atoms with Crippen LogP contribution < -0.4 is 0 Å². The van der Waals surface area contributed by atoms with Gasteiger partial charge in [0.2, 0.25) is 0 Å². The lowest BCUT2D eigenvalue weighted by molar-refractivity contribution is -0.888. The van der Waals surface area contributed by atoms with Gasteiger partial charge in [-0.2, -0.15) is 0 Å². The molecule has 0 aromatic heterocycles. The molecule has 0 radical (unpaired) electrons. The molecule has 25 heavy (non-hydrogen) atoms. The van der Waals surface area contributed by atoms with Crippen LogP contribution in [0.5, 0.6) is 0 Å². The molecule has 0 aromatic rings. The molecule has 0 heterocycles. The summed E-state index contributed by atoms with van der Waals surface area (Å²) >= 11 is 0. The van der Waals surface area contributed by atoms with Crippen molar-refractivity contribution < 1.29 is 42.8 Å². The minimum Gasteiger partial charge on any atom is -0.477 e. The van der Waals surface area contributed by atoms with Crippen molar-refractivity contribution in [1.82, 2.24) is 0 Å². The van der Waals surface area contributed by atoms with Crippen molar-refractivity contribution in [2.24, 2.45) is 0 Å². The number of hydrogen-bond donors (Lipinski definition) is 3. The molecule has 0 aromatic carbocycles. The monoisotopic (exact) mass is 384 g/mol. The second-order valence-electron chi connectivity index (χ2n) is 7.53. The van der Waals surface area contributed by atoms with Crippen LogP contribution in [0.1, 0.15) is 6.92 Å². The zero-order valence-electron chi connectivity index (χ0n) is 16.1. The van der Waals surface area contributed by atoms with Crippen molar-refractivity contribution >= 4 is 19.5 Å². The lowest BCUT2D eigenvalue weighted by Crippen LogP contribution is -2.44. The summed E-state index contributed by atoms with van der Waals surface area (Å²) in [5.74, 6) is -1.20. The molecule has 3 N–H and O–H groups in total. The highest BCUT2D eigenvalue weighted by atomic mass is 31.2. The summed E-state index contributed by atoms with van der Waals surface area (Å²) in [4.78, 5) is 38.6. The van der Waals surface area contributed by atoms with E-state index in [1.165, 1.54) is 0 Å². The first kappa shape index (κ1) is 26.0. The first-order valence-electron chi connectivity index (χ1n) is 7.67. The molecule has 0 rings (SSSR count). The lowest BCUT2D eigenvalue weighted by atomic mass is 10.4. The van der Waals surface area contributed by atoms with Crippen molar-refractivity contribution in [2.75, 3.05) is 67.6 Å². The summed E-state index contributed by atoms with van der Waals surface area (Å²) in [7, 11) is 5.21. The van der Waals surface area contributed by atoms with Gasteiger partial charge in [0.1, 0.15) is 13.2 Å². The highest BCUT2D eigenvalue weighted by Crippen LogP contribution is 2.34. The van der Waals surface area contributed by atoms with Crippen molar-refractivity contribution in [1.29, 1.82) is 0 Å². The number of aliphatic carboxylic acids is 1. The quantitative estimate of drug-likeness (QED) is 0.224. The Morgan fingerprint density at radius 2 is 1.56 bits per heavy atom. The van der Waals surface area contributed by atoms with Crippen molar-refractivity contribution in [2.45, 2.75) is 6.92 Å². The van der Waals surface area contributed by atoms with Gasteiger partial charge in [-0.05, 0) is 6.92 Å². The van der Waals surface area contributed by atoms with Gasteiger partial charge in [-0.1, -0.05) is 6.58 Å². The summed E-state index contributed by atoms with van der Waals surface area (Å²) in [6, 6.07) is 0. The van der Waals surface area contributed by atoms with Crippen molar-refractivity contribution in [3.63, 3.8) is 0 Å². The Bertz CT molecular complexity index is 506. The first-order chi connectivity index (χ1) is 11.0. The van der Waals surface area contributed by atoms with Gasteiger partial charge in [-0.3, -0.25) is 4.57 Å². The van der Waals surface area contributed by atoms with Crippen LogP contribution in [0, 0.1) is 0 Å². The van der Waals surface area contributed by atoms with Gasteiger partial charge >= 0.3 is 19.5 Å². The van der Waals surface area contributed by atoms with Gasteiger partial charge in [-0.15, -0.1) is 0 Å². The van der Waals surface area contributed by atoms with Crippen LogP contribution in [0.15, 0.2) is 12.2 Å². The Balaban J connectivity index is 0. The van der Waals surface area contributed by atoms with Crippen LogP contribution in [0.3, 0.4) is 0 Å². The molecule has 0 spiro atoms. The standard InChI is InChI=1S/C10H20NO5P.C5H11NO2/c1-9(2)10(12)16-7-5-11(3,4)6-8-17(13,14)15;1-6(2,3)4-5(7)8/h1,5-8H2,2-4H3,(H-,13,14,15);4H2,1-3H3/p+2. The number of hydrogen-bond acceptors (Lipinski definition) is 4. The molecule has 0 saturated carbocycles. The average Bonchev–Trinajstić information content (AvgIpc) is 2.33. The number of carboxylic acid groups (broad SMARTS) is 1. The first-order valence-corrected chi connectivity index (χ1v) is 9.46. The topological polar surface area (TPSA) is 121 Å². The van der Waals surface area contributed by atoms with E-state index in [1.54, 1.807) is 6.92 Å². The number of carbonyl (C=O) groups is 2. The zero-order valence-corrected chi connectivity index (χ0v) is 17.0. The average molecular weight is 384 g/mol. The van der Waals surface area contributed by atoms with Crippen LogP contribution in [0.2, 0.25) is 0 Å². The van der Waals surface area contributed by atoms with Gasteiger partial charge in [0.05, 0.1) is 47.9 Å². The molecule has 0 bridgehead atoms. The number of nitrogens with zero attached hydrogens (tertiary/aromatic N) is 2. The van der Waals surface area contributed by atoms with E-state index in [-0.39, 0.29) is 19.3 Å². The number of ether oxygens (including phenoxy) is 1. The minimum absolute atomic E-state index is 0.172. The molecule has 0 saturated heterocycles. The van der Waals surface area contributed by atoms with Gasteiger partial charge in [-0.25, -0.2) is 9.59 Å². The van der Waals surface area contributed by atoms with E-state index in [4.69, 9.17) is 19.6 Å². The van der Waals surface area contributed by atoms with E-state index in [1.807, 2.05) is 35.2 Å². The molecule has 0 aliphatic carbocycles. The maximum absolute atomic E-state index is 11.1. The molecule has 0 fully saturated rings. The second-order valence-corrected chi connectivity index (χ2v) is 9.31. The van der Waals surface area contributed by atoms with E-state index in [9.17, 15) is 14.2 Å². The molecule has 148 valence electrons. The van der Waals surface area contributed by atoms with Crippen LogP contribution >= 0.6 is 7.60 Å². The van der Waals surface area contributed by atoms with E-state index >= 15 is 0 Å². The molecule has 0 atom stereocenters. The Hall–Kier alpha value is -1.25. The number of esters is 1. The normalized spacial score (nSPS) is 12.0. The van der Waals surface area contributed by atoms with Crippen LogP contribution in [-0.4, -0.2) is 103 Å². The predicted octanol–water partition coefficient (Wildman–Crippen LogP) is 0.137. The van der Waals surface area contributed by atoms with E-state index in [0.29, 0.717) is 27.6 Å². The minimum atomic E-state index is -3.97. The molecule has 0 aliphatic rings. The third kappa shape index (κ3) is 20.7. The van der Waals surface area contributed by atoms with E-state index in [0.717, 1.165) is 0 Å². The summed E-state index contributed by atoms with van der Waals surface area (Å²) in [6.45, 7) is 6.24. The largest absolute Gasteiger partial charge is 0.477 e. The van der Waals surface area contributed by atoms with Crippen LogP contribution in [-0.2, 0) is 18.9 Å². The highest BCUT2D eigenvalue weighted by Gasteiger charge is 2.22. The third-order valence-corrected chi connectivity index (χ3v) is 3.67. The Labute approximate surface area is 149 Å². The summed E-state index contributed by atoms with van der Waals surface area (Å²) in [6.07, 6.45) is -0.172. The van der Waals surface area contributed by atoms with Crippen LogP contribution in [0.25, 0.3) is 0 Å². The molecule has 9 nitrogen and oxygen atoms in total. The maximum atomic E-state index is 11.1. The van der Waals surface area contributed by atoms with E-state index < -0.39 is 19.5 Å². The van der Waals surface area contributed by atoms with Gasteiger partial charge in [0.25, 0.3) is 0 Å². The smallest absolute Gasteiger partial charge is 0.359 e. The predicted molar refractivity (Wildman–Crippen MR) is 95.1 cm³/mol. The molecule has 0 amide bonds.